The highest BCUT2D eigenvalue weighted by atomic mass is 79.9. The Hall–Kier alpha value is -0.750. The number of terminal acetylenes is 1. The SMILES string of the molecule is C#CCc1c[n+](CCCCCCCCCCCC)c(C)n1C(CC)CC.[Br-]. The molecule has 0 bridgehead atoms. The van der Waals surface area contributed by atoms with Gasteiger partial charge in [0.15, 0.2) is 5.69 Å². The van der Waals surface area contributed by atoms with Crippen molar-refractivity contribution in [3.63, 3.8) is 0 Å². The van der Waals surface area contributed by atoms with Gasteiger partial charge in [-0.2, -0.15) is 0 Å². The Balaban J connectivity index is 0.00000676. The summed E-state index contributed by atoms with van der Waals surface area (Å²) in [6, 6.07) is 0.576. The average molecular weight is 440 g/mol. The van der Waals surface area contributed by atoms with Crippen LogP contribution in [0.5, 0.6) is 0 Å². The van der Waals surface area contributed by atoms with Gasteiger partial charge in [0.25, 0.3) is 5.82 Å². The molecule has 1 rings (SSSR count). The molecule has 0 unspecified atom stereocenters. The van der Waals surface area contributed by atoms with Gasteiger partial charge < -0.3 is 17.0 Å². The second kappa shape index (κ2) is 16.2. The second-order valence-corrected chi connectivity index (χ2v) is 7.76. The summed E-state index contributed by atoms with van der Waals surface area (Å²) in [5.74, 6) is 4.22. The average Bonchev–Trinajstić information content (AvgIpc) is 2.94. The molecule has 156 valence electrons. The Morgan fingerprint density at radius 1 is 0.926 bits per heavy atom. The third-order valence-electron chi connectivity index (χ3n) is 5.72. The standard InChI is InChI=1S/C24H43N2.BrH/c1-6-10-11-12-13-14-15-16-17-18-20-25-21-24(19-7-2)26(22(25)5)23(8-3)9-4;/h2,21,23H,6,8-20H2,1,3-5H3;1H/q+1;/p-1. The van der Waals surface area contributed by atoms with Crippen molar-refractivity contribution >= 4 is 0 Å². The van der Waals surface area contributed by atoms with Gasteiger partial charge in [0.1, 0.15) is 12.2 Å². The number of halogens is 1. The van der Waals surface area contributed by atoms with E-state index in [9.17, 15) is 0 Å². The molecule has 0 amide bonds. The van der Waals surface area contributed by atoms with Gasteiger partial charge in [-0.15, -0.1) is 6.42 Å². The van der Waals surface area contributed by atoms with Gasteiger partial charge in [0.2, 0.25) is 0 Å². The lowest BCUT2D eigenvalue weighted by atomic mass is 10.1. The van der Waals surface area contributed by atoms with Crippen LogP contribution in [0.4, 0.5) is 0 Å². The number of nitrogens with zero attached hydrogens (tertiary/aromatic N) is 2. The Kier molecular flexibility index (Phi) is 15.8. The molecule has 0 radical (unpaired) electrons. The number of unbranched alkanes of at least 4 members (excludes halogenated alkanes) is 9. The maximum absolute atomic E-state index is 5.61. The molecule has 0 saturated heterocycles. The summed E-state index contributed by atoms with van der Waals surface area (Å²) in [6.45, 7) is 10.2. The van der Waals surface area contributed by atoms with E-state index in [-0.39, 0.29) is 17.0 Å². The fourth-order valence-electron chi connectivity index (χ4n) is 4.07. The molecule has 0 aliphatic carbocycles. The monoisotopic (exact) mass is 438 g/mol. The van der Waals surface area contributed by atoms with Crippen molar-refractivity contribution < 1.29 is 21.5 Å². The van der Waals surface area contributed by atoms with Crippen molar-refractivity contribution in [2.75, 3.05) is 0 Å². The Morgan fingerprint density at radius 3 is 1.93 bits per heavy atom. The molecular formula is C24H43BrN2. The van der Waals surface area contributed by atoms with Crippen LogP contribution in [-0.4, -0.2) is 4.57 Å². The number of rotatable bonds is 15. The van der Waals surface area contributed by atoms with Crippen molar-refractivity contribution in [3.05, 3.63) is 17.7 Å². The van der Waals surface area contributed by atoms with Gasteiger partial charge in [-0.1, -0.05) is 78.1 Å². The first-order chi connectivity index (χ1) is 12.7. The molecule has 1 aromatic heterocycles. The first kappa shape index (κ1) is 26.2. The first-order valence-corrected chi connectivity index (χ1v) is 11.2. The van der Waals surface area contributed by atoms with E-state index < -0.39 is 0 Å². The number of imidazole rings is 1. The fraction of sp³-hybridized carbons (Fsp3) is 0.792. The van der Waals surface area contributed by atoms with Crippen molar-refractivity contribution in [3.8, 4) is 12.3 Å². The van der Waals surface area contributed by atoms with Gasteiger partial charge in [0, 0.05) is 6.92 Å². The summed E-state index contributed by atoms with van der Waals surface area (Å²) < 4.78 is 4.94. The summed E-state index contributed by atoms with van der Waals surface area (Å²) in [4.78, 5) is 0. The van der Waals surface area contributed by atoms with Crippen LogP contribution in [0.3, 0.4) is 0 Å². The fourth-order valence-corrected chi connectivity index (χ4v) is 4.07. The molecule has 0 fully saturated rings. The molecule has 27 heavy (non-hydrogen) atoms. The summed E-state index contributed by atoms with van der Waals surface area (Å²) >= 11 is 0. The van der Waals surface area contributed by atoms with Crippen LogP contribution in [0, 0.1) is 19.3 Å². The number of hydrogen-bond acceptors (Lipinski definition) is 0. The van der Waals surface area contributed by atoms with Crippen LogP contribution < -0.4 is 21.5 Å². The van der Waals surface area contributed by atoms with E-state index >= 15 is 0 Å². The van der Waals surface area contributed by atoms with Crippen LogP contribution in [0.25, 0.3) is 0 Å². The quantitative estimate of drug-likeness (QED) is 0.225. The highest BCUT2D eigenvalue weighted by Crippen LogP contribution is 2.20. The van der Waals surface area contributed by atoms with Crippen LogP contribution in [0.2, 0.25) is 0 Å². The lowest BCUT2D eigenvalue weighted by Crippen LogP contribution is -3.00. The van der Waals surface area contributed by atoms with E-state index in [0.29, 0.717) is 6.04 Å². The minimum absolute atomic E-state index is 0. The zero-order valence-corrected chi connectivity index (χ0v) is 20.0. The molecule has 0 aromatic carbocycles. The summed E-state index contributed by atoms with van der Waals surface area (Å²) in [7, 11) is 0. The molecular weight excluding hydrogens is 396 g/mol. The van der Waals surface area contributed by atoms with Crippen LogP contribution in [0.15, 0.2) is 6.20 Å². The summed E-state index contributed by atoms with van der Waals surface area (Å²) in [5, 5.41) is 0. The van der Waals surface area contributed by atoms with Crippen molar-refractivity contribution in [2.45, 2.75) is 124 Å². The maximum atomic E-state index is 5.61. The highest BCUT2D eigenvalue weighted by molar-refractivity contribution is 5.09. The maximum Gasteiger partial charge on any atom is 0.253 e. The van der Waals surface area contributed by atoms with Crippen LogP contribution >= 0.6 is 0 Å². The lowest BCUT2D eigenvalue weighted by Gasteiger charge is -2.12. The normalized spacial score (nSPS) is 10.8. The Bertz CT molecular complexity index is 523. The Labute approximate surface area is 179 Å². The van der Waals surface area contributed by atoms with E-state index in [1.807, 2.05) is 0 Å². The largest absolute Gasteiger partial charge is 1.00 e. The summed E-state index contributed by atoms with van der Waals surface area (Å²) in [5.41, 5.74) is 1.31. The van der Waals surface area contributed by atoms with Gasteiger partial charge >= 0.3 is 0 Å². The molecule has 0 saturated carbocycles. The Morgan fingerprint density at radius 2 is 1.44 bits per heavy atom. The van der Waals surface area contributed by atoms with Crippen LogP contribution in [-0.2, 0) is 13.0 Å². The van der Waals surface area contributed by atoms with E-state index in [2.05, 4.69) is 48.9 Å². The minimum atomic E-state index is 0. The number of aromatic nitrogens is 2. The predicted octanol–water partition coefficient (Wildman–Crippen LogP) is 3.55. The van der Waals surface area contributed by atoms with Gasteiger partial charge in [-0.25, -0.2) is 9.13 Å². The molecule has 0 N–H and O–H groups in total. The smallest absolute Gasteiger partial charge is 0.253 e. The van der Waals surface area contributed by atoms with Gasteiger partial charge in [-0.05, 0) is 25.7 Å². The van der Waals surface area contributed by atoms with Crippen molar-refractivity contribution in [2.24, 2.45) is 0 Å². The predicted molar refractivity (Wildman–Crippen MR) is 113 cm³/mol. The third kappa shape index (κ3) is 9.33. The topological polar surface area (TPSA) is 8.81 Å². The van der Waals surface area contributed by atoms with Crippen LogP contribution in [0.1, 0.15) is 115 Å². The zero-order chi connectivity index (χ0) is 19.2. The molecule has 1 heterocycles. The van der Waals surface area contributed by atoms with Gasteiger partial charge in [-0.3, -0.25) is 0 Å². The second-order valence-electron chi connectivity index (χ2n) is 7.76. The number of aryl methyl sites for hydroxylation is 1. The molecule has 0 spiro atoms. The molecule has 2 nitrogen and oxygen atoms in total. The zero-order valence-electron chi connectivity index (χ0n) is 18.4. The number of hydrogen-bond donors (Lipinski definition) is 0. The van der Waals surface area contributed by atoms with E-state index in [1.54, 1.807) is 0 Å². The molecule has 3 heteroatoms. The summed E-state index contributed by atoms with van der Waals surface area (Å²) in [6.07, 6.45) is 24.9. The van der Waals surface area contributed by atoms with E-state index in [1.165, 1.54) is 88.6 Å². The first-order valence-electron chi connectivity index (χ1n) is 11.2. The van der Waals surface area contributed by atoms with E-state index in [0.717, 1.165) is 13.0 Å². The lowest BCUT2D eigenvalue weighted by molar-refractivity contribution is -0.703. The van der Waals surface area contributed by atoms with Crippen molar-refractivity contribution in [1.82, 2.24) is 4.57 Å². The molecule has 0 aliphatic rings. The third-order valence-corrected chi connectivity index (χ3v) is 5.72. The molecule has 0 aliphatic heterocycles. The van der Waals surface area contributed by atoms with E-state index in [4.69, 9.17) is 6.42 Å². The molecule has 0 atom stereocenters. The van der Waals surface area contributed by atoms with Gasteiger partial charge in [0.05, 0.1) is 13.0 Å². The molecule has 1 aromatic rings. The van der Waals surface area contributed by atoms with Crippen molar-refractivity contribution in [1.29, 1.82) is 0 Å². The minimum Gasteiger partial charge on any atom is -1.00 e. The highest BCUT2D eigenvalue weighted by Gasteiger charge is 2.24.